The molecule has 96 valence electrons. The van der Waals surface area contributed by atoms with E-state index in [1.54, 1.807) is 0 Å². The molecule has 0 radical (unpaired) electrons. The summed E-state index contributed by atoms with van der Waals surface area (Å²) in [6.45, 7) is 2.99. The number of hydrogen-bond donors (Lipinski definition) is 0. The molecule has 1 aromatic rings. The van der Waals surface area contributed by atoms with Crippen LogP contribution in [0.15, 0.2) is 24.3 Å². The molecule has 1 spiro atoms. The summed E-state index contributed by atoms with van der Waals surface area (Å²) in [5.41, 5.74) is 2.31. The average Bonchev–Trinajstić information content (AvgIpc) is 2.70. The van der Waals surface area contributed by atoms with Crippen LogP contribution in [0.4, 0.5) is 5.69 Å². The van der Waals surface area contributed by atoms with Crippen molar-refractivity contribution >= 4 is 11.6 Å². The molecule has 0 aromatic heterocycles. The molecule has 18 heavy (non-hydrogen) atoms. The van der Waals surface area contributed by atoms with Crippen molar-refractivity contribution in [3.8, 4) is 0 Å². The molecule has 0 unspecified atom stereocenters. The highest BCUT2D eigenvalue weighted by Crippen LogP contribution is 2.45. The smallest absolute Gasteiger partial charge is 0.233 e. The average molecular weight is 243 g/mol. The number of anilines is 1. The zero-order chi connectivity index (χ0) is 12.6. The number of aryl methyl sites for hydroxylation is 1. The summed E-state index contributed by atoms with van der Waals surface area (Å²) in [5.74, 6) is 0.381. The van der Waals surface area contributed by atoms with E-state index >= 15 is 0 Å². The molecule has 1 aliphatic heterocycles. The van der Waals surface area contributed by atoms with Crippen LogP contribution in [0.25, 0.3) is 0 Å². The Balaban J connectivity index is 1.83. The van der Waals surface area contributed by atoms with Gasteiger partial charge in [0.25, 0.3) is 0 Å². The first-order valence-corrected chi connectivity index (χ1v) is 7.10. The summed E-state index contributed by atoms with van der Waals surface area (Å²) < 4.78 is 0. The molecule has 1 saturated heterocycles. The van der Waals surface area contributed by atoms with E-state index in [4.69, 9.17) is 0 Å². The van der Waals surface area contributed by atoms with E-state index in [9.17, 15) is 4.79 Å². The molecule has 2 heteroatoms. The van der Waals surface area contributed by atoms with Crippen molar-refractivity contribution in [1.82, 2.24) is 0 Å². The minimum absolute atomic E-state index is 0.0108. The zero-order valence-corrected chi connectivity index (χ0v) is 11.1. The molecule has 1 saturated carbocycles. The number of benzene rings is 1. The number of carbonyl (C=O) groups excluding carboxylic acids is 1. The Hall–Kier alpha value is -1.31. The molecular weight excluding hydrogens is 222 g/mol. The van der Waals surface area contributed by atoms with Crippen molar-refractivity contribution < 1.29 is 4.79 Å². The van der Waals surface area contributed by atoms with Gasteiger partial charge in [0, 0.05) is 12.2 Å². The highest BCUT2D eigenvalue weighted by Gasteiger charge is 2.47. The zero-order valence-electron chi connectivity index (χ0n) is 11.1. The van der Waals surface area contributed by atoms with Crippen LogP contribution >= 0.6 is 0 Å². The van der Waals surface area contributed by atoms with Gasteiger partial charge in [-0.15, -0.1) is 0 Å². The van der Waals surface area contributed by atoms with Gasteiger partial charge in [0.1, 0.15) is 0 Å². The van der Waals surface area contributed by atoms with Gasteiger partial charge in [-0.25, -0.2) is 0 Å². The molecule has 1 amide bonds. The highest BCUT2D eigenvalue weighted by atomic mass is 16.2. The van der Waals surface area contributed by atoms with Gasteiger partial charge in [-0.2, -0.15) is 0 Å². The molecule has 1 heterocycles. The molecule has 0 N–H and O–H groups in total. The lowest BCUT2D eigenvalue weighted by Gasteiger charge is -2.31. The van der Waals surface area contributed by atoms with Crippen LogP contribution in [-0.2, 0) is 4.79 Å². The fourth-order valence-electron chi connectivity index (χ4n) is 3.48. The SMILES string of the molecule is Cc1ccc(N2CCC3(CCCCC3)C2=O)cc1. The lowest BCUT2D eigenvalue weighted by Crippen LogP contribution is -2.36. The Labute approximate surface area is 109 Å². The van der Waals surface area contributed by atoms with Crippen LogP contribution < -0.4 is 4.90 Å². The first-order valence-electron chi connectivity index (χ1n) is 7.10. The standard InChI is InChI=1S/C16H21NO/c1-13-5-7-14(8-6-13)17-12-11-16(15(17)18)9-3-2-4-10-16/h5-8H,2-4,9-12H2,1H3. The van der Waals surface area contributed by atoms with E-state index in [-0.39, 0.29) is 5.41 Å². The Kier molecular flexibility index (Phi) is 2.89. The summed E-state index contributed by atoms with van der Waals surface area (Å²) in [6, 6.07) is 8.34. The van der Waals surface area contributed by atoms with E-state index < -0.39 is 0 Å². The number of nitrogens with zero attached hydrogens (tertiary/aromatic N) is 1. The summed E-state index contributed by atoms with van der Waals surface area (Å²) >= 11 is 0. The van der Waals surface area contributed by atoms with Crippen LogP contribution in [-0.4, -0.2) is 12.5 Å². The monoisotopic (exact) mass is 243 g/mol. The third kappa shape index (κ3) is 1.84. The minimum atomic E-state index is -0.0108. The van der Waals surface area contributed by atoms with Crippen molar-refractivity contribution in [3.63, 3.8) is 0 Å². The molecule has 2 fully saturated rings. The van der Waals surface area contributed by atoms with Gasteiger partial charge in [0.15, 0.2) is 0 Å². The third-order valence-electron chi connectivity index (χ3n) is 4.67. The summed E-state index contributed by atoms with van der Waals surface area (Å²) in [7, 11) is 0. The van der Waals surface area contributed by atoms with Gasteiger partial charge in [0.2, 0.25) is 5.91 Å². The van der Waals surface area contributed by atoms with Crippen LogP contribution in [0.1, 0.15) is 44.1 Å². The molecule has 1 aromatic carbocycles. The summed E-state index contributed by atoms with van der Waals surface area (Å²) in [5, 5.41) is 0. The molecule has 1 aliphatic carbocycles. The van der Waals surface area contributed by atoms with Crippen molar-refractivity contribution in [3.05, 3.63) is 29.8 Å². The van der Waals surface area contributed by atoms with Gasteiger partial charge >= 0.3 is 0 Å². The van der Waals surface area contributed by atoms with E-state index in [1.165, 1.54) is 24.8 Å². The lowest BCUT2D eigenvalue weighted by atomic mass is 9.73. The molecule has 3 rings (SSSR count). The molecular formula is C16H21NO. The molecule has 0 bridgehead atoms. The Morgan fingerprint density at radius 1 is 1.00 bits per heavy atom. The second-order valence-corrected chi connectivity index (χ2v) is 5.88. The Bertz CT molecular complexity index is 443. The number of rotatable bonds is 1. The minimum Gasteiger partial charge on any atom is -0.312 e. The number of amides is 1. The van der Waals surface area contributed by atoms with Crippen molar-refractivity contribution in [1.29, 1.82) is 0 Å². The van der Waals surface area contributed by atoms with E-state index in [0.29, 0.717) is 5.91 Å². The van der Waals surface area contributed by atoms with Crippen LogP contribution in [0.5, 0.6) is 0 Å². The molecule has 2 aliphatic rings. The lowest BCUT2D eigenvalue weighted by molar-refractivity contribution is -0.127. The highest BCUT2D eigenvalue weighted by molar-refractivity contribution is 5.99. The molecule has 0 atom stereocenters. The predicted molar refractivity (Wildman–Crippen MR) is 73.7 cm³/mol. The van der Waals surface area contributed by atoms with E-state index in [2.05, 4.69) is 31.2 Å². The first kappa shape index (κ1) is 11.8. The van der Waals surface area contributed by atoms with Crippen LogP contribution in [0.2, 0.25) is 0 Å². The van der Waals surface area contributed by atoms with Crippen LogP contribution in [0.3, 0.4) is 0 Å². The number of hydrogen-bond acceptors (Lipinski definition) is 1. The van der Waals surface area contributed by atoms with E-state index in [0.717, 1.165) is 31.5 Å². The fourth-order valence-corrected chi connectivity index (χ4v) is 3.48. The van der Waals surface area contributed by atoms with E-state index in [1.807, 2.05) is 4.90 Å². The van der Waals surface area contributed by atoms with Crippen molar-refractivity contribution in [2.75, 3.05) is 11.4 Å². The van der Waals surface area contributed by atoms with Crippen molar-refractivity contribution in [2.45, 2.75) is 45.4 Å². The van der Waals surface area contributed by atoms with Gasteiger partial charge in [-0.05, 0) is 38.3 Å². The van der Waals surface area contributed by atoms with Gasteiger partial charge < -0.3 is 4.90 Å². The maximum absolute atomic E-state index is 12.7. The Morgan fingerprint density at radius 3 is 2.33 bits per heavy atom. The third-order valence-corrected chi connectivity index (χ3v) is 4.67. The van der Waals surface area contributed by atoms with Crippen LogP contribution in [0, 0.1) is 12.3 Å². The topological polar surface area (TPSA) is 20.3 Å². The summed E-state index contributed by atoms with van der Waals surface area (Å²) in [4.78, 5) is 14.7. The van der Waals surface area contributed by atoms with Gasteiger partial charge in [-0.3, -0.25) is 4.79 Å². The Morgan fingerprint density at radius 2 is 1.67 bits per heavy atom. The maximum Gasteiger partial charge on any atom is 0.233 e. The van der Waals surface area contributed by atoms with Crippen molar-refractivity contribution in [2.24, 2.45) is 5.41 Å². The largest absolute Gasteiger partial charge is 0.312 e. The normalized spacial score (nSPS) is 22.7. The second kappa shape index (κ2) is 4.42. The van der Waals surface area contributed by atoms with Gasteiger partial charge in [0.05, 0.1) is 5.41 Å². The maximum atomic E-state index is 12.7. The fraction of sp³-hybridized carbons (Fsp3) is 0.562. The first-order chi connectivity index (χ1) is 8.71. The second-order valence-electron chi connectivity index (χ2n) is 5.88. The molecule has 2 nitrogen and oxygen atoms in total. The predicted octanol–water partition coefficient (Wildman–Crippen LogP) is 3.68. The van der Waals surface area contributed by atoms with Gasteiger partial charge in [-0.1, -0.05) is 37.0 Å². The summed E-state index contributed by atoms with van der Waals surface area (Å²) in [6.07, 6.45) is 7.03. The quantitative estimate of drug-likeness (QED) is 0.736. The number of carbonyl (C=O) groups is 1.